The third kappa shape index (κ3) is 6.05. The zero-order valence-electron chi connectivity index (χ0n) is 8.55. The van der Waals surface area contributed by atoms with Crippen molar-refractivity contribution in [1.82, 2.24) is 4.90 Å². The molecule has 0 amide bonds. The number of likely N-dealkylation sites (N-methyl/N-ethyl adjacent to an activating group) is 1. The largest absolute Gasteiger partial charge is 0.463 e. The predicted octanol–water partition coefficient (Wildman–Crippen LogP) is 1.65. The van der Waals surface area contributed by atoms with Crippen molar-refractivity contribution < 1.29 is 9.53 Å². The molecule has 0 fully saturated rings. The van der Waals surface area contributed by atoms with Crippen LogP contribution < -0.4 is 0 Å². The third-order valence-corrected chi connectivity index (χ3v) is 2.24. The number of rotatable bonds is 6. The van der Waals surface area contributed by atoms with Crippen molar-refractivity contribution in [3.05, 3.63) is 0 Å². The Morgan fingerprint density at radius 3 is 2.38 bits per heavy atom. The van der Waals surface area contributed by atoms with E-state index >= 15 is 0 Å². The highest BCUT2D eigenvalue weighted by atomic mass is 79.9. The molecule has 78 valence electrons. The van der Waals surface area contributed by atoms with Gasteiger partial charge in [-0.1, -0.05) is 29.8 Å². The number of carbonyl (C=O) groups excluding carboxylic acids is 1. The highest BCUT2D eigenvalue weighted by Gasteiger charge is 2.09. The van der Waals surface area contributed by atoms with Gasteiger partial charge in [0, 0.05) is 6.54 Å². The molecule has 0 aliphatic heterocycles. The summed E-state index contributed by atoms with van der Waals surface area (Å²) in [6, 6.07) is 0. The van der Waals surface area contributed by atoms with E-state index in [0.29, 0.717) is 6.61 Å². The summed E-state index contributed by atoms with van der Waals surface area (Å²) < 4.78 is 5.01. The van der Waals surface area contributed by atoms with Gasteiger partial charge in [0.2, 0.25) is 0 Å². The molecule has 0 radical (unpaired) electrons. The third-order valence-electron chi connectivity index (χ3n) is 1.87. The van der Waals surface area contributed by atoms with E-state index in [1.54, 1.807) is 6.92 Å². The number of halogens is 1. The zero-order chi connectivity index (χ0) is 10.3. The fraction of sp³-hybridized carbons (Fsp3) is 0.889. The Labute approximate surface area is 88.6 Å². The van der Waals surface area contributed by atoms with Crippen molar-refractivity contribution in [2.75, 3.05) is 26.2 Å². The van der Waals surface area contributed by atoms with Crippen LogP contribution >= 0.6 is 15.9 Å². The lowest BCUT2D eigenvalue weighted by Crippen LogP contribution is -2.28. The summed E-state index contributed by atoms with van der Waals surface area (Å²) in [6.07, 6.45) is 0. The van der Waals surface area contributed by atoms with Gasteiger partial charge in [0.15, 0.2) is 0 Å². The van der Waals surface area contributed by atoms with Crippen LogP contribution in [0.5, 0.6) is 0 Å². The van der Waals surface area contributed by atoms with Gasteiger partial charge in [-0.15, -0.1) is 0 Å². The fourth-order valence-electron chi connectivity index (χ4n) is 0.930. The van der Waals surface area contributed by atoms with E-state index in [1.807, 2.05) is 0 Å². The summed E-state index contributed by atoms with van der Waals surface area (Å²) in [5.74, 6) is -0.188. The van der Waals surface area contributed by atoms with E-state index in [2.05, 4.69) is 34.7 Å². The van der Waals surface area contributed by atoms with Crippen LogP contribution in [0.3, 0.4) is 0 Å². The lowest BCUT2D eigenvalue weighted by molar-refractivity contribution is -0.142. The Morgan fingerprint density at radius 2 is 2.00 bits per heavy atom. The Hall–Kier alpha value is -0.0900. The quantitative estimate of drug-likeness (QED) is 0.532. The molecule has 0 aromatic rings. The highest BCUT2D eigenvalue weighted by molar-refractivity contribution is 9.10. The van der Waals surface area contributed by atoms with Crippen LogP contribution in [0, 0.1) is 0 Å². The van der Waals surface area contributed by atoms with Crippen LogP contribution in [0.25, 0.3) is 0 Å². The molecule has 3 nitrogen and oxygen atoms in total. The molecule has 1 unspecified atom stereocenters. The molecule has 4 heteroatoms. The molecule has 0 heterocycles. The van der Waals surface area contributed by atoms with Crippen LogP contribution in [-0.4, -0.2) is 41.9 Å². The first-order valence-electron chi connectivity index (χ1n) is 4.64. The van der Waals surface area contributed by atoms with E-state index in [4.69, 9.17) is 4.74 Å². The maximum Gasteiger partial charge on any atom is 0.319 e. The van der Waals surface area contributed by atoms with Crippen LogP contribution in [-0.2, 0) is 9.53 Å². The first kappa shape index (κ1) is 12.9. The second-order valence-electron chi connectivity index (χ2n) is 2.81. The first-order valence-corrected chi connectivity index (χ1v) is 5.56. The lowest BCUT2D eigenvalue weighted by atomic mass is 10.5. The molecule has 0 aromatic carbocycles. The summed E-state index contributed by atoms with van der Waals surface area (Å²) in [5, 5.41) is 0. The Kier molecular flexibility index (Phi) is 7.28. The van der Waals surface area contributed by atoms with Gasteiger partial charge in [0.1, 0.15) is 11.4 Å². The topological polar surface area (TPSA) is 29.5 Å². The van der Waals surface area contributed by atoms with Crippen molar-refractivity contribution in [3.63, 3.8) is 0 Å². The predicted molar refractivity (Wildman–Crippen MR) is 57.1 cm³/mol. The van der Waals surface area contributed by atoms with E-state index in [1.165, 1.54) is 0 Å². The van der Waals surface area contributed by atoms with Gasteiger partial charge >= 0.3 is 5.97 Å². The normalized spacial score (nSPS) is 13.0. The van der Waals surface area contributed by atoms with Gasteiger partial charge in [-0.25, -0.2) is 0 Å². The first-order chi connectivity index (χ1) is 6.11. The molecule has 13 heavy (non-hydrogen) atoms. The molecule has 0 aliphatic carbocycles. The Bertz CT molecular complexity index is 147. The maximum absolute atomic E-state index is 11.0. The summed E-state index contributed by atoms with van der Waals surface area (Å²) in [6.45, 7) is 9.25. The maximum atomic E-state index is 11.0. The average Bonchev–Trinajstić information content (AvgIpc) is 2.12. The van der Waals surface area contributed by atoms with Crippen LogP contribution in [0.1, 0.15) is 20.8 Å². The van der Waals surface area contributed by atoms with Gasteiger partial charge in [0.05, 0.1) is 0 Å². The number of esters is 1. The van der Waals surface area contributed by atoms with E-state index in [9.17, 15) is 4.79 Å². The Morgan fingerprint density at radius 1 is 1.46 bits per heavy atom. The summed E-state index contributed by atoms with van der Waals surface area (Å²) in [7, 11) is 0. The van der Waals surface area contributed by atoms with Gasteiger partial charge in [-0.3, -0.25) is 4.79 Å². The number of carbonyl (C=O) groups is 1. The average molecular weight is 252 g/mol. The molecule has 0 aliphatic rings. The number of hydrogen-bond acceptors (Lipinski definition) is 3. The number of hydrogen-bond donors (Lipinski definition) is 0. The second kappa shape index (κ2) is 7.33. The smallest absolute Gasteiger partial charge is 0.319 e. The molecule has 1 atom stereocenters. The minimum atomic E-state index is -0.204. The molecular formula is C9H18BrNO2. The van der Waals surface area contributed by atoms with Crippen LogP contribution in [0.4, 0.5) is 0 Å². The van der Waals surface area contributed by atoms with Crippen molar-refractivity contribution >= 4 is 21.9 Å². The van der Waals surface area contributed by atoms with Gasteiger partial charge in [0.25, 0.3) is 0 Å². The van der Waals surface area contributed by atoms with Gasteiger partial charge in [-0.05, 0) is 20.0 Å². The molecule has 0 saturated heterocycles. The van der Waals surface area contributed by atoms with Crippen LogP contribution in [0.15, 0.2) is 0 Å². The van der Waals surface area contributed by atoms with Gasteiger partial charge < -0.3 is 9.64 Å². The van der Waals surface area contributed by atoms with E-state index in [-0.39, 0.29) is 10.8 Å². The Balaban J connectivity index is 3.49. The molecular weight excluding hydrogens is 234 g/mol. The minimum absolute atomic E-state index is 0.188. The standard InChI is InChI=1S/C9H18BrNO2/c1-4-11(5-2)6-7-13-9(12)8(3)10/h8H,4-7H2,1-3H3. The molecule has 0 rings (SSSR count). The minimum Gasteiger partial charge on any atom is -0.463 e. The molecule has 0 N–H and O–H groups in total. The van der Waals surface area contributed by atoms with Crippen molar-refractivity contribution in [1.29, 1.82) is 0 Å². The van der Waals surface area contributed by atoms with Gasteiger partial charge in [-0.2, -0.15) is 0 Å². The number of nitrogens with zero attached hydrogens (tertiary/aromatic N) is 1. The highest BCUT2D eigenvalue weighted by Crippen LogP contribution is 1.99. The summed E-state index contributed by atoms with van der Waals surface area (Å²) in [4.78, 5) is 13.0. The molecule has 0 spiro atoms. The molecule has 0 bridgehead atoms. The summed E-state index contributed by atoms with van der Waals surface area (Å²) in [5.41, 5.74) is 0. The van der Waals surface area contributed by atoms with Crippen molar-refractivity contribution in [3.8, 4) is 0 Å². The number of ether oxygens (including phenoxy) is 1. The summed E-state index contributed by atoms with van der Waals surface area (Å²) >= 11 is 3.15. The lowest BCUT2D eigenvalue weighted by Gasteiger charge is -2.17. The van der Waals surface area contributed by atoms with Crippen molar-refractivity contribution in [2.24, 2.45) is 0 Å². The molecule has 0 aromatic heterocycles. The van der Waals surface area contributed by atoms with Crippen LogP contribution in [0.2, 0.25) is 0 Å². The SMILES string of the molecule is CCN(CC)CCOC(=O)C(C)Br. The zero-order valence-corrected chi connectivity index (χ0v) is 10.1. The van der Waals surface area contributed by atoms with Crippen molar-refractivity contribution in [2.45, 2.75) is 25.6 Å². The fourth-order valence-corrected chi connectivity index (χ4v) is 1.06. The second-order valence-corrected chi connectivity index (χ2v) is 4.18. The van der Waals surface area contributed by atoms with E-state index in [0.717, 1.165) is 19.6 Å². The monoisotopic (exact) mass is 251 g/mol. The molecule has 0 saturated carbocycles. The van der Waals surface area contributed by atoms with E-state index < -0.39 is 0 Å². The number of alkyl halides is 1.